The van der Waals surface area contributed by atoms with Gasteiger partial charge in [-0.2, -0.15) is 0 Å². The molecule has 0 spiro atoms. The molecule has 0 radical (unpaired) electrons. The van der Waals surface area contributed by atoms with E-state index in [9.17, 15) is 18.0 Å². The number of carbonyl (C=O) groups is 2. The summed E-state index contributed by atoms with van der Waals surface area (Å²) in [5, 5.41) is 2.90. The van der Waals surface area contributed by atoms with Gasteiger partial charge in [0.1, 0.15) is 11.4 Å². The van der Waals surface area contributed by atoms with E-state index in [1.807, 2.05) is 13.0 Å². The minimum atomic E-state index is -3.99. The summed E-state index contributed by atoms with van der Waals surface area (Å²) in [7, 11) is -3.99. The highest BCUT2D eigenvalue weighted by Crippen LogP contribution is 2.30. The maximum absolute atomic E-state index is 12.6. The third-order valence-electron chi connectivity index (χ3n) is 5.72. The third kappa shape index (κ3) is 3.55. The van der Waals surface area contributed by atoms with Gasteiger partial charge in [0.25, 0.3) is 15.9 Å². The maximum Gasteiger partial charge on any atom is 0.269 e. The molecule has 1 aliphatic heterocycles. The molecule has 1 atom stereocenters. The molecule has 6 nitrogen and oxygen atoms in total. The fourth-order valence-corrected chi connectivity index (χ4v) is 5.67. The topological polar surface area (TPSA) is 83.6 Å². The molecule has 0 bridgehead atoms. The molecule has 1 aliphatic carbocycles. The number of nitrogens with one attached hydrogen (secondary N) is 1. The number of amides is 2. The molecule has 1 heterocycles. The summed E-state index contributed by atoms with van der Waals surface area (Å²) in [6.45, 7) is 1.45. The molecule has 0 fully saturated rings. The Balaban J connectivity index is 1.50. The van der Waals surface area contributed by atoms with Gasteiger partial charge in [-0.3, -0.25) is 9.59 Å². The number of benzene rings is 2. The summed E-state index contributed by atoms with van der Waals surface area (Å²) in [5.41, 5.74) is 3.82. The van der Waals surface area contributed by atoms with Gasteiger partial charge in [-0.15, -0.1) is 0 Å². The van der Waals surface area contributed by atoms with Gasteiger partial charge in [0.15, 0.2) is 0 Å². The predicted molar refractivity (Wildman–Crippen MR) is 109 cm³/mol. The second-order valence-electron chi connectivity index (χ2n) is 7.58. The normalized spacial score (nSPS) is 18.1. The largest absolute Gasteiger partial charge is 0.348 e. The zero-order valence-electron chi connectivity index (χ0n) is 16.3. The molecule has 152 valence electrons. The Bertz CT molecular complexity index is 1080. The van der Waals surface area contributed by atoms with Crippen molar-refractivity contribution in [2.75, 3.05) is 6.54 Å². The van der Waals surface area contributed by atoms with Gasteiger partial charge in [-0.25, -0.2) is 12.7 Å². The van der Waals surface area contributed by atoms with Gasteiger partial charge >= 0.3 is 0 Å². The van der Waals surface area contributed by atoms with Gasteiger partial charge in [0, 0.05) is 0 Å². The SMILES string of the molecule is CCC(NC(=O)CN1C(=O)c2ccccc2S1(=O)=O)c1ccc2c(c1)CCCC2. The fourth-order valence-electron chi connectivity index (χ4n) is 4.15. The lowest BCUT2D eigenvalue weighted by Crippen LogP contribution is -2.41. The smallest absolute Gasteiger partial charge is 0.269 e. The first-order valence-corrected chi connectivity index (χ1v) is 11.4. The summed E-state index contributed by atoms with van der Waals surface area (Å²) in [6, 6.07) is 12.1. The molecular formula is C22H24N2O4S. The van der Waals surface area contributed by atoms with E-state index in [1.165, 1.54) is 36.1 Å². The number of hydrogen-bond acceptors (Lipinski definition) is 4. The van der Waals surface area contributed by atoms with Gasteiger partial charge in [-0.05, 0) is 60.9 Å². The molecule has 29 heavy (non-hydrogen) atoms. The van der Waals surface area contributed by atoms with Crippen LogP contribution in [-0.2, 0) is 27.7 Å². The lowest BCUT2D eigenvalue weighted by molar-refractivity contribution is -0.121. The highest BCUT2D eigenvalue weighted by atomic mass is 32.2. The molecule has 7 heteroatoms. The van der Waals surface area contributed by atoms with Crippen LogP contribution in [0.5, 0.6) is 0 Å². The zero-order valence-corrected chi connectivity index (χ0v) is 17.2. The molecule has 2 aromatic carbocycles. The highest BCUT2D eigenvalue weighted by molar-refractivity contribution is 7.90. The summed E-state index contributed by atoms with van der Waals surface area (Å²) in [5.74, 6) is -1.14. The fraction of sp³-hybridized carbons (Fsp3) is 0.364. The number of sulfonamides is 1. The molecule has 2 aliphatic rings. The lowest BCUT2D eigenvalue weighted by Gasteiger charge is -2.23. The van der Waals surface area contributed by atoms with Crippen LogP contribution in [0.3, 0.4) is 0 Å². The van der Waals surface area contributed by atoms with Gasteiger partial charge in [0.2, 0.25) is 5.91 Å². The van der Waals surface area contributed by atoms with Gasteiger partial charge < -0.3 is 5.32 Å². The Kier molecular flexibility index (Phi) is 5.17. The predicted octanol–water partition coefficient (Wildman–Crippen LogP) is 2.98. The third-order valence-corrected chi connectivity index (χ3v) is 7.50. The van der Waals surface area contributed by atoms with E-state index in [-0.39, 0.29) is 16.5 Å². The summed E-state index contributed by atoms with van der Waals surface area (Å²) >= 11 is 0. The first-order chi connectivity index (χ1) is 13.9. The van der Waals surface area contributed by atoms with E-state index in [0.717, 1.165) is 18.4 Å². The maximum atomic E-state index is 12.6. The number of nitrogens with zero attached hydrogens (tertiary/aromatic N) is 1. The molecule has 4 rings (SSSR count). The van der Waals surface area contributed by atoms with Crippen LogP contribution in [0.4, 0.5) is 0 Å². The summed E-state index contributed by atoms with van der Waals surface area (Å²) < 4.78 is 25.9. The van der Waals surface area contributed by atoms with Crippen molar-refractivity contribution in [2.24, 2.45) is 0 Å². The Morgan fingerprint density at radius 3 is 2.55 bits per heavy atom. The molecule has 0 aromatic heterocycles. The van der Waals surface area contributed by atoms with E-state index in [1.54, 1.807) is 12.1 Å². The van der Waals surface area contributed by atoms with E-state index in [2.05, 4.69) is 17.4 Å². The van der Waals surface area contributed by atoms with Crippen LogP contribution < -0.4 is 5.32 Å². The zero-order chi connectivity index (χ0) is 20.6. The number of hydrogen-bond donors (Lipinski definition) is 1. The second kappa shape index (κ2) is 7.63. The summed E-state index contributed by atoms with van der Waals surface area (Å²) in [6.07, 6.45) is 5.20. The molecule has 2 aromatic rings. The van der Waals surface area contributed by atoms with Crippen molar-refractivity contribution in [3.63, 3.8) is 0 Å². The van der Waals surface area contributed by atoms with E-state index >= 15 is 0 Å². The molecular weight excluding hydrogens is 388 g/mol. The second-order valence-corrected chi connectivity index (χ2v) is 9.41. The van der Waals surface area contributed by atoms with E-state index in [0.29, 0.717) is 10.7 Å². The number of rotatable bonds is 5. The monoisotopic (exact) mass is 412 g/mol. The molecule has 1 unspecified atom stereocenters. The molecule has 1 N–H and O–H groups in total. The first-order valence-electron chi connectivity index (χ1n) is 9.99. The van der Waals surface area contributed by atoms with E-state index < -0.39 is 28.4 Å². The first kappa shape index (κ1) is 19.6. The van der Waals surface area contributed by atoms with Crippen LogP contribution in [0.15, 0.2) is 47.4 Å². The number of carbonyl (C=O) groups excluding carboxylic acids is 2. The molecule has 0 saturated heterocycles. The number of fused-ring (bicyclic) bond motifs is 2. The average Bonchev–Trinajstić information content (AvgIpc) is 2.92. The van der Waals surface area contributed by atoms with Crippen molar-refractivity contribution in [2.45, 2.75) is 50.0 Å². The highest BCUT2D eigenvalue weighted by Gasteiger charge is 2.41. The van der Waals surface area contributed by atoms with Crippen LogP contribution in [0.1, 0.15) is 59.3 Å². The Morgan fingerprint density at radius 2 is 1.83 bits per heavy atom. The standard InChI is InChI=1S/C22H24N2O4S/c1-2-19(17-12-11-15-7-3-4-8-16(15)13-17)23-21(25)14-24-22(26)18-9-5-6-10-20(18)29(24,27)28/h5-6,9-13,19H,2-4,7-8,14H2,1H3,(H,23,25). The Labute approximate surface area is 171 Å². The van der Waals surface area contributed by atoms with Crippen molar-refractivity contribution in [1.29, 1.82) is 0 Å². The van der Waals surface area contributed by atoms with E-state index in [4.69, 9.17) is 0 Å². The number of aryl methyl sites for hydroxylation is 2. The van der Waals surface area contributed by atoms with Crippen LogP contribution in [0.25, 0.3) is 0 Å². The van der Waals surface area contributed by atoms with Crippen LogP contribution in [0.2, 0.25) is 0 Å². The van der Waals surface area contributed by atoms with Crippen molar-refractivity contribution >= 4 is 21.8 Å². The molecule has 0 saturated carbocycles. The Hall–Kier alpha value is -2.67. The van der Waals surface area contributed by atoms with Gasteiger partial charge in [-0.1, -0.05) is 37.3 Å². The van der Waals surface area contributed by atoms with Crippen molar-refractivity contribution in [1.82, 2.24) is 9.62 Å². The minimum absolute atomic E-state index is 0.0421. The van der Waals surface area contributed by atoms with Crippen LogP contribution >= 0.6 is 0 Å². The average molecular weight is 413 g/mol. The summed E-state index contributed by atoms with van der Waals surface area (Å²) in [4.78, 5) is 25.1. The quantitative estimate of drug-likeness (QED) is 0.818. The minimum Gasteiger partial charge on any atom is -0.348 e. The van der Waals surface area contributed by atoms with Crippen molar-refractivity contribution in [3.8, 4) is 0 Å². The van der Waals surface area contributed by atoms with Crippen LogP contribution in [-0.4, -0.2) is 31.1 Å². The lowest BCUT2D eigenvalue weighted by atomic mass is 9.89. The van der Waals surface area contributed by atoms with Gasteiger partial charge in [0.05, 0.1) is 11.6 Å². The molecule has 2 amide bonds. The van der Waals surface area contributed by atoms with Crippen LogP contribution in [0, 0.1) is 0 Å². The van der Waals surface area contributed by atoms with Crippen molar-refractivity contribution in [3.05, 3.63) is 64.7 Å². The Morgan fingerprint density at radius 1 is 1.10 bits per heavy atom. The van der Waals surface area contributed by atoms with Crippen molar-refractivity contribution < 1.29 is 18.0 Å².